The van der Waals surface area contributed by atoms with Crippen LogP contribution in [0.25, 0.3) is 0 Å². The summed E-state index contributed by atoms with van der Waals surface area (Å²) in [4.78, 5) is 0.302. The van der Waals surface area contributed by atoms with Crippen molar-refractivity contribution in [1.82, 2.24) is 4.37 Å². The van der Waals surface area contributed by atoms with E-state index < -0.39 is 0 Å². The molecule has 0 aromatic carbocycles. The Kier molecular flexibility index (Phi) is 1.53. The summed E-state index contributed by atoms with van der Waals surface area (Å²) in [7, 11) is 0. The number of aromatic nitrogens is 1. The lowest BCUT2D eigenvalue weighted by molar-refractivity contribution is 1.41. The minimum absolute atomic E-state index is 0.140. The summed E-state index contributed by atoms with van der Waals surface area (Å²) in [6.45, 7) is 0. The van der Waals surface area contributed by atoms with Crippen molar-refractivity contribution >= 4 is 17.2 Å². The summed E-state index contributed by atoms with van der Waals surface area (Å²) in [5, 5.41) is 16.7. The van der Waals surface area contributed by atoms with Crippen molar-refractivity contribution in [1.29, 1.82) is 10.5 Å². The molecule has 2 N–H and O–H groups in total. The van der Waals surface area contributed by atoms with Crippen molar-refractivity contribution in [2.24, 2.45) is 0 Å². The number of hydrogen-bond acceptors (Lipinski definition) is 5. The highest BCUT2D eigenvalue weighted by Gasteiger charge is 2.07. The summed E-state index contributed by atoms with van der Waals surface area (Å²) in [5.74, 6) is 0. The normalized spacial score (nSPS) is 8.20. The monoisotopic (exact) mass is 150 g/mol. The number of anilines is 1. The number of nitrogens with two attached hydrogens (primary N) is 1. The Hall–Kier alpha value is -1.59. The van der Waals surface area contributed by atoms with Gasteiger partial charge in [0.1, 0.15) is 17.0 Å². The molecule has 0 aliphatic heterocycles. The molecule has 4 nitrogen and oxygen atoms in total. The van der Waals surface area contributed by atoms with Crippen LogP contribution in [0.1, 0.15) is 10.6 Å². The minimum Gasteiger partial charge on any atom is -0.395 e. The van der Waals surface area contributed by atoms with Crippen LogP contribution in [0.4, 0.5) is 5.69 Å². The molecular formula is C5H2N4S. The van der Waals surface area contributed by atoms with Gasteiger partial charge in [-0.25, -0.2) is 0 Å². The predicted octanol–water partition coefficient (Wildman–Crippen LogP) is 0.469. The maximum atomic E-state index is 8.36. The number of nitriles is 2. The Balaban J connectivity index is 3.28. The van der Waals surface area contributed by atoms with Gasteiger partial charge in [0, 0.05) is 0 Å². The number of rotatable bonds is 0. The van der Waals surface area contributed by atoms with Crippen LogP contribution in [0.5, 0.6) is 0 Å². The Morgan fingerprint density at radius 2 is 2.10 bits per heavy atom. The van der Waals surface area contributed by atoms with Gasteiger partial charge in [0.25, 0.3) is 0 Å². The van der Waals surface area contributed by atoms with E-state index in [1.807, 2.05) is 6.07 Å². The topological polar surface area (TPSA) is 86.5 Å². The highest BCUT2D eigenvalue weighted by molar-refractivity contribution is 7.07. The molecule has 10 heavy (non-hydrogen) atoms. The summed E-state index contributed by atoms with van der Waals surface area (Å²) < 4.78 is 3.64. The van der Waals surface area contributed by atoms with Crippen LogP contribution < -0.4 is 5.73 Å². The first-order valence-corrected chi connectivity index (χ1v) is 3.12. The zero-order valence-electron chi connectivity index (χ0n) is 4.83. The maximum absolute atomic E-state index is 8.36. The lowest BCUT2D eigenvalue weighted by Crippen LogP contribution is -1.87. The second-order valence-electron chi connectivity index (χ2n) is 1.50. The van der Waals surface area contributed by atoms with Crippen molar-refractivity contribution < 1.29 is 0 Å². The van der Waals surface area contributed by atoms with E-state index >= 15 is 0 Å². The largest absolute Gasteiger partial charge is 0.395 e. The molecule has 0 aliphatic rings. The third-order valence-corrected chi connectivity index (χ3v) is 1.70. The maximum Gasteiger partial charge on any atom is 0.178 e. The van der Waals surface area contributed by atoms with Crippen LogP contribution in [0.15, 0.2) is 0 Å². The third-order valence-electron chi connectivity index (χ3n) is 0.935. The molecular weight excluding hydrogens is 148 g/mol. The smallest absolute Gasteiger partial charge is 0.178 e. The molecule has 0 fully saturated rings. The second kappa shape index (κ2) is 2.34. The average Bonchev–Trinajstić information content (AvgIpc) is 2.30. The van der Waals surface area contributed by atoms with Gasteiger partial charge < -0.3 is 5.73 Å². The zero-order chi connectivity index (χ0) is 7.56. The van der Waals surface area contributed by atoms with E-state index in [9.17, 15) is 0 Å². The first kappa shape index (κ1) is 6.53. The standard InChI is InChI=1S/C5H2N4S/c6-1-3-5(8)4(2-7)10-9-3/h8H2. The molecule has 0 spiro atoms. The van der Waals surface area contributed by atoms with Gasteiger partial charge in [-0.2, -0.15) is 14.9 Å². The lowest BCUT2D eigenvalue weighted by atomic mass is 10.3. The average molecular weight is 150 g/mol. The van der Waals surface area contributed by atoms with Crippen molar-refractivity contribution in [3.05, 3.63) is 10.6 Å². The van der Waals surface area contributed by atoms with Crippen molar-refractivity contribution in [3.8, 4) is 12.1 Å². The van der Waals surface area contributed by atoms with Gasteiger partial charge in [-0.1, -0.05) is 0 Å². The molecule has 1 rings (SSSR count). The first-order valence-electron chi connectivity index (χ1n) is 2.35. The van der Waals surface area contributed by atoms with Crippen LogP contribution >= 0.6 is 11.5 Å². The van der Waals surface area contributed by atoms with Gasteiger partial charge in [-0.05, 0) is 11.5 Å². The van der Waals surface area contributed by atoms with Crippen molar-refractivity contribution in [2.75, 3.05) is 5.73 Å². The van der Waals surface area contributed by atoms with E-state index in [0.29, 0.717) is 4.88 Å². The minimum atomic E-state index is 0.140. The number of nitrogens with zero attached hydrogens (tertiary/aromatic N) is 3. The molecule has 0 atom stereocenters. The quantitative estimate of drug-likeness (QED) is 0.582. The molecule has 1 heterocycles. The fraction of sp³-hybridized carbons (Fsp3) is 0. The van der Waals surface area contributed by atoms with Gasteiger partial charge >= 0.3 is 0 Å². The summed E-state index contributed by atoms with van der Waals surface area (Å²) in [5.41, 5.74) is 5.66. The van der Waals surface area contributed by atoms with Crippen LogP contribution in [0.2, 0.25) is 0 Å². The van der Waals surface area contributed by atoms with Crippen LogP contribution in [-0.2, 0) is 0 Å². The van der Waals surface area contributed by atoms with Crippen LogP contribution in [-0.4, -0.2) is 4.37 Å². The van der Waals surface area contributed by atoms with Gasteiger partial charge in [-0.15, -0.1) is 0 Å². The third kappa shape index (κ3) is 0.790. The van der Waals surface area contributed by atoms with E-state index in [0.717, 1.165) is 11.5 Å². The molecule has 0 saturated heterocycles. The van der Waals surface area contributed by atoms with Gasteiger partial charge in [-0.3, -0.25) is 0 Å². The van der Waals surface area contributed by atoms with E-state index in [1.54, 1.807) is 6.07 Å². The highest BCUT2D eigenvalue weighted by Crippen LogP contribution is 2.18. The van der Waals surface area contributed by atoms with Gasteiger partial charge in [0.15, 0.2) is 5.69 Å². The fourth-order valence-corrected chi connectivity index (χ4v) is 1.02. The summed E-state index contributed by atoms with van der Waals surface area (Å²) >= 11 is 0.942. The zero-order valence-corrected chi connectivity index (χ0v) is 5.64. The lowest BCUT2D eigenvalue weighted by Gasteiger charge is -1.80. The van der Waals surface area contributed by atoms with E-state index in [2.05, 4.69) is 4.37 Å². The molecule has 0 bridgehead atoms. The van der Waals surface area contributed by atoms with Gasteiger partial charge in [0.2, 0.25) is 0 Å². The molecule has 48 valence electrons. The molecule has 5 heteroatoms. The van der Waals surface area contributed by atoms with E-state index in [1.165, 1.54) is 0 Å². The van der Waals surface area contributed by atoms with Crippen LogP contribution in [0.3, 0.4) is 0 Å². The molecule has 1 aromatic heterocycles. The highest BCUT2D eigenvalue weighted by atomic mass is 32.1. The molecule has 0 aliphatic carbocycles. The molecule has 1 aromatic rings. The van der Waals surface area contributed by atoms with Crippen molar-refractivity contribution in [3.63, 3.8) is 0 Å². The van der Waals surface area contributed by atoms with Crippen LogP contribution in [0, 0.1) is 22.7 Å². The molecule has 0 saturated carbocycles. The van der Waals surface area contributed by atoms with E-state index in [4.69, 9.17) is 16.3 Å². The second-order valence-corrected chi connectivity index (χ2v) is 2.27. The fourth-order valence-electron chi connectivity index (χ4n) is 0.458. The Bertz CT molecular complexity index is 295. The Morgan fingerprint density at radius 1 is 1.40 bits per heavy atom. The summed E-state index contributed by atoms with van der Waals surface area (Å²) in [6, 6.07) is 3.60. The molecule has 0 amide bonds. The van der Waals surface area contributed by atoms with Crippen molar-refractivity contribution in [2.45, 2.75) is 0 Å². The number of hydrogen-bond donors (Lipinski definition) is 1. The summed E-state index contributed by atoms with van der Waals surface area (Å²) in [6.07, 6.45) is 0. The molecule has 0 unspecified atom stereocenters. The predicted molar refractivity (Wildman–Crippen MR) is 36.0 cm³/mol. The van der Waals surface area contributed by atoms with E-state index in [-0.39, 0.29) is 11.4 Å². The molecule has 0 radical (unpaired) electrons. The Morgan fingerprint density at radius 3 is 2.40 bits per heavy atom. The van der Waals surface area contributed by atoms with Gasteiger partial charge in [0.05, 0.1) is 5.69 Å². The SMILES string of the molecule is N#Cc1nsc(C#N)c1N. The number of nitrogen functional groups attached to an aromatic ring is 1. The Labute approximate surface area is 61.3 Å². The first-order chi connectivity index (χ1) is 4.79.